The molecule has 0 aromatic carbocycles. The number of methoxy groups -OCH3 is 3. The van der Waals surface area contributed by atoms with Gasteiger partial charge in [-0.3, -0.25) is 0 Å². The van der Waals surface area contributed by atoms with Crippen LogP contribution in [-0.2, 0) is 0 Å². The fraction of sp³-hybridized carbons (Fsp3) is 0.375. The van der Waals surface area contributed by atoms with E-state index in [1.807, 2.05) is 18.9 Å². The van der Waals surface area contributed by atoms with E-state index in [0.717, 1.165) is 0 Å². The standard InChI is InChI=1S/C8H11BO3/c1-10-6-4-5-9-8(12-3)7(6)11-2/h4-5H,1-3H3. The number of hydrogen-bond donors (Lipinski definition) is 0. The maximum absolute atomic E-state index is 5.11. The molecule has 0 aliphatic heterocycles. The quantitative estimate of drug-likeness (QED) is 0.671. The van der Waals surface area contributed by atoms with Gasteiger partial charge in [-0.05, 0) is 0 Å². The Hall–Kier alpha value is -1.19. The molecule has 0 N–H and O–H groups in total. The normalized spacial score (nSPS) is 8.92. The third kappa shape index (κ3) is 1.52. The van der Waals surface area contributed by atoms with Crippen molar-refractivity contribution in [2.45, 2.75) is 0 Å². The van der Waals surface area contributed by atoms with E-state index in [1.165, 1.54) is 0 Å². The van der Waals surface area contributed by atoms with Gasteiger partial charge >= 0.3 is 71.6 Å². The van der Waals surface area contributed by atoms with Crippen LogP contribution in [0, 0.1) is 0 Å². The monoisotopic (exact) mass is 166 g/mol. The summed E-state index contributed by atoms with van der Waals surface area (Å²) in [5.41, 5.74) is 0.678. The molecule has 0 radical (unpaired) electrons. The molecule has 1 rings (SSSR count). The van der Waals surface area contributed by atoms with E-state index < -0.39 is 0 Å². The minimum atomic E-state index is 0.627. The van der Waals surface area contributed by atoms with Crippen molar-refractivity contribution in [3.8, 4) is 17.1 Å². The summed E-state index contributed by atoms with van der Waals surface area (Å²) in [6, 6.07) is 1.82. The SMILES string of the molecule is COc1bccc(OC)c1OC. The van der Waals surface area contributed by atoms with E-state index in [1.54, 1.807) is 21.3 Å². The first-order chi connectivity index (χ1) is 5.83. The number of rotatable bonds is 3. The van der Waals surface area contributed by atoms with Crippen LogP contribution in [0.25, 0.3) is 0 Å². The zero-order chi connectivity index (χ0) is 8.97. The molecule has 0 spiro atoms. The van der Waals surface area contributed by atoms with Gasteiger partial charge in [0.25, 0.3) is 0 Å². The minimum absolute atomic E-state index is 0.627. The zero-order valence-corrected chi connectivity index (χ0v) is 7.46. The average molecular weight is 166 g/mol. The van der Waals surface area contributed by atoms with Crippen molar-refractivity contribution in [2.24, 2.45) is 0 Å². The van der Waals surface area contributed by atoms with Gasteiger partial charge in [0.2, 0.25) is 0 Å². The molecule has 0 aliphatic rings. The van der Waals surface area contributed by atoms with Crippen LogP contribution in [0.15, 0.2) is 12.0 Å². The molecular formula is C8H11BO3. The van der Waals surface area contributed by atoms with Crippen molar-refractivity contribution in [3.05, 3.63) is 12.0 Å². The molecule has 64 valence electrons. The Kier molecular flexibility index (Phi) is 2.97. The summed E-state index contributed by atoms with van der Waals surface area (Å²) in [5, 5.41) is 0. The predicted molar refractivity (Wildman–Crippen MR) is 47.4 cm³/mol. The van der Waals surface area contributed by atoms with Gasteiger partial charge in [0.05, 0.1) is 0 Å². The van der Waals surface area contributed by atoms with E-state index in [0.29, 0.717) is 17.1 Å². The van der Waals surface area contributed by atoms with Crippen LogP contribution < -0.4 is 14.2 Å². The van der Waals surface area contributed by atoms with Gasteiger partial charge in [0.1, 0.15) is 0 Å². The van der Waals surface area contributed by atoms with Crippen molar-refractivity contribution < 1.29 is 14.2 Å². The molecule has 0 aliphatic carbocycles. The summed E-state index contributed by atoms with van der Waals surface area (Å²) < 4.78 is 15.3. The molecule has 0 fully saturated rings. The molecule has 0 saturated carbocycles. The van der Waals surface area contributed by atoms with E-state index in [9.17, 15) is 0 Å². The molecule has 1 heterocycles. The van der Waals surface area contributed by atoms with Crippen molar-refractivity contribution in [3.63, 3.8) is 0 Å². The van der Waals surface area contributed by atoms with E-state index >= 15 is 0 Å². The van der Waals surface area contributed by atoms with Crippen molar-refractivity contribution in [1.82, 2.24) is 0 Å². The molecule has 4 heteroatoms. The molecule has 0 atom stereocenters. The summed E-state index contributed by atoms with van der Waals surface area (Å²) in [6.45, 7) is 1.82. The molecule has 0 amide bonds. The Morgan fingerprint density at radius 3 is 2.33 bits per heavy atom. The first-order valence-corrected chi connectivity index (χ1v) is 3.58. The van der Waals surface area contributed by atoms with Gasteiger partial charge in [-0.2, -0.15) is 0 Å². The summed E-state index contributed by atoms with van der Waals surface area (Å²) in [6.07, 6.45) is 0. The number of ether oxygens (including phenoxy) is 3. The Balaban J connectivity index is 3.13. The van der Waals surface area contributed by atoms with Crippen LogP contribution in [0.4, 0.5) is 0 Å². The zero-order valence-electron chi connectivity index (χ0n) is 7.46. The van der Waals surface area contributed by atoms with Gasteiger partial charge in [0, 0.05) is 0 Å². The fourth-order valence-electron chi connectivity index (χ4n) is 1.02. The second-order valence-corrected chi connectivity index (χ2v) is 2.20. The first kappa shape index (κ1) is 8.91. The number of hydrogen-bond acceptors (Lipinski definition) is 3. The second-order valence-electron chi connectivity index (χ2n) is 2.20. The molecule has 1 aromatic rings. The first-order valence-electron chi connectivity index (χ1n) is 3.58. The Morgan fingerprint density at radius 2 is 1.83 bits per heavy atom. The Morgan fingerprint density at radius 1 is 1.08 bits per heavy atom. The summed E-state index contributed by atoms with van der Waals surface area (Å²) in [4.78, 5) is 0. The maximum atomic E-state index is 5.11. The van der Waals surface area contributed by atoms with Crippen molar-refractivity contribution >= 4 is 6.91 Å². The van der Waals surface area contributed by atoms with E-state index in [-0.39, 0.29) is 0 Å². The van der Waals surface area contributed by atoms with Crippen LogP contribution in [-0.4, -0.2) is 28.2 Å². The second kappa shape index (κ2) is 4.00. The molecule has 1 aromatic heterocycles. The van der Waals surface area contributed by atoms with E-state index in [2.05, 4.69) is 0 Å². The molecule has 0 unspecified atom stereocenters. The van der Waals surface area contributed by atoms with Crippen molar-refractivity contribution in [2.75, 3.05) is 21.3 Å². The summed E-state index contributed by atoms with van der Waals surface area (Å²) in [5.74, 6) is 3.15. The summed E-state index contributed by atoms with van der Waals surface area (Å²) >= 11 is 0. The van der Waals surface area contributed by atoms with Gasteiger partial charge < -0.3 is 0 Å². The summed E-state index contributed by atoms with van der Waals surface area (Å²) in [7, 11) is 4.77. The van der Waals surface area contributed by atoms with Crippen LogP contribution in [0.3, 0.4) is 0 Å². The molecule has 3 nitrogen and oxygen atoms in total. The molecule has 12 heavy (non-hydrogen) atoms. The van der Waals surface area contributed by atoms with Crippen molar-refractivity contribution in [1.29, 1.82) is 0 Å². The molecular weight excluding hydrogens is 155 g/mol. The Labute approximate surface area is 72.5 Å². The third-order valence-electron chi connectivity index (χ3n) is 1.59. The third-order valence-corrected chi connectivity index (χ3v) is 1.59. The van der Waals surface area contributed by atoms with E-state index in [4.69, 9.17) is 14.2 Å². The van der Waals surface area contributed by atoms with Gasteiger partial charge in [0.15, 0.2) is 0 Å². The topological polar surface area (TPSA) is 27.7 Å². The van der Waals surface area contributed by atoms with Crippen LogP contribution in [0.1, 0.15) is 0 Å². The predicted octanol–water partition coefficient (Wildman–Crippen LogP) is 1.05. The van der Waals surface area contributed by atoms with Gasteiger partial charge in [-0.15, -0.1) is 0 Å². The molecule has 0 saturated heterocycles. The van der Waals surface area contributed by atoms with Crippen LogP contribution in [0.5, 0.6) is 17.1 Å². The molecule has 0 bridgehead atoms. The average Bonchev–Trinajstić information content (AvgIpc) is 2.16. The fourth-order valence-corrected chi connectivity index (χ4v) is 1.02. The van der Waals surface area contributed by atoms with Gasteiger partial charge in [-0.1, -0.05) is 0 Å². The van der Waals surface area contributed by atoms with Crippen LogP contribution in [0.2, 0.25) is 0 Å². The van der Waals surface area contributed by atoms with Gasteiger partial charge in [-0.25, -0.2) is 0 Å². The Bertz CT molecular complexity index is 240. The van der Waals surface area contributed by atoms with Crippen LogP contribution >= 0.6 is 0 Å².